The molecule has 0 aliphatic heterocycles. The smallest absolute Gasteiger partial charge is 0.229 e. The summed E-state index contributed by atoms with van der Waals surface area (Å²) in [7, 11) is 0. The number of amides is 1. The van der Waals surface area contributed by atoms with Gasteiger partial charge in [0.15, 0.2) is 0 Å². The number of rotatable bonds is 3. The van der Waals surface area contributed by atoms with E-state index in [0.29, 0.717) is 19.0 Å². The van der Waals surface area contributed by atoms with Crippen LogP contribution in [0.3, 0.4) is 0 Å². The standard InChI is InChI=1S/C12H22N2O2/c1-11(2)8-3-4-12(11,9(15)7-8)10(16)14-6-5-13/h8-9,15H,3-7,13H2,1-2H3,(H,14,16)/t8-,9+,12-/m1/s1. The fraction of sp³-hybridized carbons (Fsp3) is 0.917. The molecule has 0 aromatic heterocycles. The van der Waals surface area contributed by atoms with E-state index in [-0.39, 0.29) is 11.3 Å². The lowest BCUT2D eigenvalue weighted by atomic mass is 9.67. The maximum Gasteiger partial charge on any atom is 0.229 e. The molecule has 0 aromatic rings. The molecule has 0 heterocycles. The molecule has 1 amide bonds. The van der Waals surface area contributed by atoms with Crippen molar-refractivity contribution in [3.8, 4) is 0 Å². The highest BCUT2D eigenvalue weighted by Gasteiger charge is 2.67. The van der Waals surface area contributed by atoms with E-state index >= 15 is 0 Å². The summed E-state index contributed by atoms with van der Waals surface area (Å²) < 4.78 is 0. The third kappa shape index (κ3) is 1.26. The van der Waals surface area contributed by atoms with E-state index in [1.165, 1.54) is 0 Å². The van der Waals surface area contributed by atoms with Gasteiger partial charge in [-0.1, -0.05) is 13.8 Å². The van der Waals surface area contributed by atoms with Crippen molar-refractivity contribution in [2.45, 2.75) is 39.2 Å². The van der Waals surface area contributed by atoms with Gasteiger partial charge in [-0.05, 0) is 30.6 Å². The van der Waals surface area contributed by atoms with Crippen molar-refractivity contribution in [3.05, 3.63) is 0 Å². The number of carbonyl (C=O) groups is 1. The van der Waals surface area contributed by atoms with Crippen molar-refractivity contribution >= 4 is 5.91 Å². The number of aliphatic hydroxyl groups excluding tert-OH is 1. The van der Waals surface area contributed by atoms with Gasteiger partial charge in [0.05, 0.1) is 11.5 Å². The number of carbonyl (C=O) groups excluding carboxylic acids is 1. The van der Waals surface area contributed by atoms with Gasteiger partial charge in [-0.3, -0.25) is 4.79 Å². The van der Waals surface area contributed by atoms with E-state index in [4.69, 9.17) is 5.73 Å². The zero-order valence-electron chi connectivity index (χ0n) is 10.1. The normalized spacial score (nSPS) is 40.0. The minimum Gasteiger partial charge on any atom is -0.392 e. The fourth-order valence-corrected chi connectivity index (χ4v) is 3.83. The molecule has 4 N–H and O–H groups in total. The molecule has 0 unspecified atom stereocenters. The molecule has 4 nitrogen and oxygen atoms in total. The molecule has 92 valence electrons. The van der Waals surface area contributed by atoms with Crippen molar-refractivity contribution in [3.63, 3.8) is 0 Å². The fourth-order valence-electron chi connectivity index (χ4n) is 3.83. The van der Waals surface area contributed by atoms with Gasteiger partial charge in [0.1, 0.15) is 0 Å². The molecule has 3 atom stereocenters. The Morgan fingerprint density at radius 3 is 2.69 bits per heavy atom. The molecule has 4 heteroatoms. The van der Waals surface area contributed by atoms with E-state index < -0.39 is 11.5 Å². The van der Waals surface area contributed by atoms with Crippen LogP contribution in [0, 0.1) is 16.7 Å². The van der Waals surface area contributed by atoms with Crippen LogP contribution in [0.4, 0.5) is 0 Å². The topological polar surface area (TPSA) is 75.4 Å². The minimum atomic E-state index is -0.577. The van der Waals surface area contributed by atoms with Gasteiger partial charge >= 0.3 is 0 Å². The Morgan fingerprint density at radius 1 is 1.56 bits per heavy atom. The molecule has 2 fully saturated rings. The summed E-state index contributed by atoms with van der Waals surface area (Å²) in [5, 5.41) is 13.0. The van der Waals surface area contributed by atoms with Gasteiger partial charge in [0.25, 0.3) is 0 Å². The second-order valence-electron chi connectivity index (χ2n) is 5.72. The number of nitrogens with one attached hydrogen (secondary N) is 1. The van der Waals surface area contributed by atoms with Crippen LogP contribution in [0.1, 0.15) is 33.1 Å². The molecule has 0 saturated heterocycles. The summed E-state index contributed by atoms with van der Waals surface area (Å²) in [6.45, 7) is 5.17. The minimum absolute atomic E-state index is 0.00421. The summed E-state index contributed by atoms with van der Waals surface area (Å²) in [6, 6.07) is 0. The molecule has 0 radical (unpaired) electrons. The Kier molecular flexibility index (Phi) is 2.75. The highest BCUT2D eigenvalue weighted by molar-refractivity contribution is 5.85. The van der Waals surface area contributed by atoms with Crippen LogP contribution in [0.2, 0.25) is 0 Å². The molecule has 0 aromatic carbocycles. The van der Waals surface area contributed by atoms with Gasteiger partial charge in [-0.2, -0.15) is 0 Å². The third-order valence-electron chi connectivity index (χ3n) is 4.97. The zero-order chi connectivity index (χ0) is 12.0. The Morgan fingerprint density at radius 2 is 2.25 bits per heavy atom. The highest BCUT2D eigenvalue weighted by Crippen LogP contribution is 2.65. The van der Waals surface area contributed by atoms with E-state index in [1.54, 1.807) is 0 Å². The molecule has 2 aliphatic rings. The van der Waals surface area contributed by atoms with Crippen molar-refractivity contribution in [2.24, 2.45) is 22.5 Å². The molecule has 2 aliphatic carbocycles. The average molecular weight is 226 g/mol. The van der Waals surface area contributed by atoms with Crippen LogP contribution in [0.5, 0.6) is 0 Å². The van der Waals surface area contributed by atoms with E-state index in [9.17, 15) is 9.90 Å². The number of aliphatic hydroxyl groups is 1. The lowest BCUT2D eigenvalue weighted by Crippen LogP contribution is -2.52. The predicted molar refractivity (Wildman–Crippen MR) is 61.6 cm³/mol. The number of nitrogens with two attached hydrogens (primary N) is 1. The number of hydrogen-bond acceptors (Lipinski definition) is 3. The number of fused-ring (bicyclic) bond motifs is 2. The third-order valence-corrected chi connectivity index (χ3v) is 4.97. The maximum atomic E-state index is 12.3. The van der Waals surface area contributed by atoms with Gasteiger partial charge in [0.2, 0.25) is 5.91 Å². The van der Waals surface area contributed by atoms with Crippen LogP contribution in [-0.2, 0) is 4.79 Å². The monoisotopic (exact) mass is 226 g/mol. The summed E-state index contributed by atoms with van der Waals surface area (Å²) in [4.78, 5) is 12.3. The van der Waals surface area contributed by atoms with Crippen LogP contribution < -0.4 is 11.1 Å². The Labute approximate surface area is 96.6 Å². The molecule has 2 bridgehead atoms. The second kappa shape index (κ2) is 3.70. The summed E-state index contributed by atoms with van der Waals surface area (Å²) in [6.07, 6.45) is 2.14. The summed E-state index contributed by atoms with van der Waals surface area (Å²) in [5.41, 5.74) is 4.73. The van der Waals surface area contributed by atoms with Gasteiger partial charge in [-0.15, -0.1) is 0 Å². The number of hydrogen-bond donors (Lipinski definition) is 3. The lowest BCUT2D eigenvalue weighted by Gasteiger charge is -2.38. The molecular formula is C12H22N2O2. The highest BCUT2D eigenvalue weighted by atomic mass is 16.3. The van der Waals surface area contributed by atoms with E-state index in [2.05, 4.69) is 19.2 Å². The summed E-state index contributed by atoms with van der Waals surface area (Å²) in [5.74, 6) is 0.474. The van der Waals surface area contributed by atoms with E-state index in [0.717, 1.165) is 19.3 Å². The van der Waals surface area contributed by atoms with E-state index in [1.807, 2.05) is 0 Å². The maximum absolute atomic E-state index is 12.3. The van der Waals surface area contributed by atoms with Gasteiger partial charge in [0, 0.05) is 13.1 Å². The summed E-state index contributed by atoms with van der Waals surface area (Å²) >= 11 is 0. The van der Waals surface area contributed by atoms with Crippen molar-refractivity contribution in [1.82, 2.24) is 5.32 Å². The molecule has 2 rings (SSSR count). The van der Waals surface area contributed by atoms with Crippen LogP contribution in [0.15, 0.2) is 0 Å². The Hall–Kier alpha value is -0.610. The van der Waals surface area contributed by atoms with Gasteiger partial charge in [-0.25, -0.2) is 0 Å². The first kappa shape index (κ1) is 11.9. The van der Waals surface area contributed by atoms with Crippen molar-refractivity contribution in [1.29, 1.82) is 0 Å². The van der Waals surface area contributed by atoms with Gasteiger partial charge < -0.3 is 16.2 Å². The van der Waals surface area contributed by atoms with Crippen molar-refractivity contribution < 1.29 is 9.90 Å². The molecular weight excluding hydrogens is 204 g/mol. The lowest BCUT2D eigenvalue weighted by molar-refractivity contribution is -0.142. The average Bonchev–Trinajstić information content (AvgIpc) is 2.59. The quantitative estimate of drug-likeness (QED) is 0.645. The van der Waals surface area contributed by atoms with Crippen LogP contribution in [-0.4, -0.2) is 30.2 Å². The zero-order valence-corrected chi connectivity index (χ0v) is 10.1. The SMILES string of the molecule is CC1(C)[C@@H]2CC[C@]1(C(=O)NCCN)[C@@H](O)C2. The van der Waals surface area contributed by atoms with Crippen LogP contribution in [0.25, 0.3) is 0 Å². The molecule has 16 heavy (non-hydrogen) atoms. The Balaban J connectivity index is 2.24. The predicted octanol–water partition coefficient (Wildman–Crippen LogP) is 0.249. The second-order valence-corrected chi connectivity index (χ2v) is 5.72. The molecule has 0 spiro atoms. The van der Waals surface area contributed by atoms with Crippen LogP contribution >= 0.6 is 0 Å². The first-order valence-electron chi connectivity index (χ1n) is 6.13. The first-order valence-corrected chi connectivity index (χ1v) is 6.13. The van der Waals surface area contributed by atoms with Crippen molar-refractivity contribution in [2.75, 3.05) is 13.1 Å². The Bertz CT molecular complexity index is 303. The molecule has 2 saturated carbocycles. The largest absolute Gasteiger partial charge is 0.392 e. The first-order chi connectivity index (χ1) is 7.46.